The molecule has 4 heteroatoms. The minimum absolute atomic E-state index is 0.117. The third-order valence-electron chi connectivity index (χ3n) is 4.14. The van der Waals surface area contributed by atoms with Crippen molar-refractivity contribution in [2.24, 2.45) is 0 Å². The standard InChI is InChI=1S/C17H20N2O2/c1-12-18-15-5-3-4-6-16(15)19(12)11-17(20)13-7-9-14(21-2)10-8-13/h7-10H,3-6,11H2,1-2H3. The number of ether oxygens (including phenoxy) is 1. The van der Waals surface area contributed by atoms with Crippen LogP contribution in [0.1, 0.15) is 40.4 Å². The summed E-state index contributed by atoms with van der Waals surface area (Å²) in [6.07, 6.45) is 4.47. The third kappa shape index (κ3) is 2.71. The summed E-state index contributed by atoms with van der Waals surface area (Å²) in [6.45, 7) is 2.36. The lowest BCUT2D eigenvalue weighted by Crippen LogP contribution is -2.16. The number of carbonyl (C=O) groups is 1. The Bertz CT molecular complexity index is 656. The van der Waals surface area contributed by atoms with Gasteiger partial charge in [-0.05, 0) is 56.9 Å². The van der Waals surface area contributed by atoms with Crippen molar-refractivity contribution in [3.05, 3.63) is 47.0 Å². The van der Waals surface area contributed by atoms with E-state index in [4.69, 9.17) is 4.74 Å². The zero-order valence-electron chi connectivity index (χ0n) is 12.6. The van der Waals surface area contributed by atoms with Gasteiger partial charge in [-0.3, -0.25) is 4.79 Å². The van der Waals surface area contributed by atoms with Gasteiger partial charge >= 0.3 is 0 Å². The van der Waals surface area contributed by atoms with E-state index in [0.29, 0.717) is 12.1 Å². The number of benzene rings is 1. The average Bonchev–Trinajstić information content (AvgIpc) is 2.83. The Morgan fingerprint density at radius 2 is 1.95 bits per heavy atom. The molecule has 3 rings (SSSR count). The van der Waals surface area contributed by atoms with Crippen LogP contribution in [0.4, 0.5) is 0 Å². The molecule has 0 bridgehead atoms. The van der Waals surface area contributed by atoms with Crippen LogP contribution in [0.25, 0.3) is 0 Å². The molecule has 0 atom stereocenters. The first-order valence-electron chi connectivity index (χ1n) is 7.41. The first-order valence-corrected chi connectivity index (χ1v) is 7.41. The lowest BCUT2D eigenvalue weighted by atomic mass is 10.0. The number of nitrogens with zero attached hydrogens (tertiary/aromatic N) is 2. The van der Waals surface area contributed by atoms with Crippen molar-refractivity contribution in [1.82, 2.24) is 9.55 Å². The highest BCUT2D eigenvalue weighted by molar-refractivity contribution is 5.96. The molecule has 1 aromatic heterocycles. The first kappa shape index (κ1) is 13.9. The molecule has 1 aliphatic rings. The molecule has 0 N–H and O–H groups in total. The number of aromatic nitrogens is 2. The summed E-state index contributed by atoms with van der Waals surface area (Å²) in [5.41, 5.74) is 3.15. The molecule has 0 saturated carbocycles. The number of rotatable bonds is 4. The Hall–Kier alpha value is -2.10. The van der Waals surface area contributed by atoms with E-state index in [9.17, 15) is 4.79 Å². The Morgan fingerprint density at radius 3 is 2.67 bits per heavy atom. The quantitative estimate of drug-likeness (QED) is 0.811. The summed E-state index contributed by atoms with van der Waals surface area (Å²) in [6, 6.07) is 7.28. The number of ketones is 1. The lowest BCUT2D eigenvalue weighted by molar-refractivity contribution is 0.0970. The van der Waals surface area contributed by atoms with Crippen LogP contribution in [0.3, 0.4) is 0 Å². The van der Waals surface area contributed by atoms with E-state index in [-0.39, 0.29) is 5.78 Å². The summed E-state index contributed by atoms with van der Waals surface area (Å²) in [5.74, 6) is 1.83. The molecule has 2 aromatic rings. The van der Waals surface area contributed by atoms with Gasteiger partial charge in [-0.1, -0.05) is 0 Å². The molecule has 0 fully saturated rings. The highest BCUT2D eigenvalue weighted by Gasteiger charge is 2.19. The zero-order valence-corrected chi connectivity index (χ0v) is 12.6. The summed E-state index contributed by atoms with van der Waals surface area (Å²) in [4.78, 5) is 17.1. The second-order valence-electron chi connectivity index (χ2n) is 5.50. The van der Waals surface area contributed by atoms with Gasteiger partial charge in [0.25, 0.3) is 0 Å². The van der Waals surface area contributed by atoms with Crippen molar-refractivity contribution in [2.45, 2.75) is 39.2 Å². The van der Waals surface area contributed by atoms with E-state index in [0.717, 1.165) is 24.4 Å². The van der Waals surface area contributed by atoms with Crippen molar-refractivity contribution in [1.29, 1.82) is 0 Å². The van der Waals surface area contributed by atoms with Gasteiger partial charge in [0.2, 0.25) is 0 Å². The fraction of sp³-hybridized carbons (Fsp3) is 0.412. The van der Waals surface area contributed by atoms with Crippen LogP contribution < -0.4 is 4.74 Å². The van der Waals surface area contributed by atoms with Gasteiger partial charge in [0.1, 0.15) is 11.6 Å². The molecule has 0 radical (unpaired) electrons. The first-order chi connectivity index (χ1) is 10.2. The number of hydrogen-bond acceptors (Lipinski definition) is 3. The van der Waals surface area contributed by atoms with E-state index >= 15 is 0 Å². The maximum absolute atomic E-state index is 12.5. The van der Waals surface area contributed by atoms with Crippen LogP contribution in [-0.4, -0.2) is 22.4 Å². The number of methoxy groups -OCH3 is 1. The van der Waals surface area contributed by atoms with Gasteiger partial charge in [-0.25, -0.2) is 4.98 Å². The summed E-state index contributed by atoms with van der Waals surface area (Å²) >= 11 is 0. The van der Waals surface area contributed by atoms with Gasteiger partial charge < -0.3 is 9.30 Å². The molecule has 110 valence electrons. The predicted molar refractivity (Wildman–Crippen MR) is 80.9 cm³/mol. The zero-order chi connectivity index (χ0) is 14.8. The fourth-order valence-electron chi connectivity index (χ4n) is 2.96. The maximum atomic E-state index is 12.5. The Labute approximate surface area is 124 Å². The SMILES string of the molecule is COc1ccc(C(=O)Cn2c(C)nc3c2CCCC3)cc1. The van der Waals surface area contributed by atoms with Crippen molar-refractivity contribution < 1.29 is 9.53 Å². The van der Waals surface area contributed by atoms with Crippen molar-refractivity contribution in [2.75, 3.05) is 7.11 Å². The number of imidazole rings is 1. The molecule has 4 nitrogen and oxygen atoms in total. The summed E-state index contributed by atoms with van der Waals surface area (Å²) in [7, 11) is 1.62. The van der Waals surface area contributed by atoms with E-state index in [1.807, 2.05) is 31.2 Å². The van der Waals surface area contributed by atoms with Crippen molar-refractivity contribution in [3.8, 4) is 5.75 Å². The van der Waals surface area contributed by atoms with Crippen molar-refractivity contribution in [3.63, 3.8) is 0 Å². The number of carbonyl (C=O) groups excluding carboxylic acids is 1. The topological polar surface area (TPSA) is 44.1 Å². The van der Waals surface area contributed by atoms with Gasteiger partial charge in [-0.15, -0.1) is 0 Å². The third-order valence-corrected chi connectivity index (χ3v) is 4.14. The summed E-state index contributed by atoms with van der Waals surface area (Å²) in [5, 5.41) is 0. The molecule has 0 aliphatic heterocycles. The molecule has 0 saturated heterocycles. The van der Waals surface area contributed by atoms with Crippen LogP contribution in [0, 0.1) is 6.92 Å². The molecule has 0 unspecified atom stereocenters. The fourth-order valence-corrected chi connectivity index (χ4v) is 2.96. The van der Waals surface area contributed by atoms with Crippen LogP contribution in [0.2, 0.25) is 0 Å². The predicted octanol–water partition coefficient (Wildman–Crippen LogP) is 2.96. The number of Topliss-reactive ketones (excluding diaryl/α,β-unsaturated/α-hetero) is 1. The van der Waals surface area contributed by atoms with Gasteiger partial charge in [0, 0.05) is 11.3 Å². The normalized spacial score (nSPS) is 13.8. The summed E-state index contributed by atoms with van der Waals surface area (Å²) < 4.78 is 7.21. The number of hydrogen-bond donors (Lipinski definition) is 0. The molecule has 0 spiro atoms. The molecule has 1 heterocycles. The smallest absolute Gasteiger partial charge is 0.182 e. The van der Waals surface area contributed by atoms with Gasteiger partial charge in [0.05, 0.1) is 19.3 Å². The van der Waals surface area contributed by atoms with E-state index in [1.54, 1.807) is 7.11 Å². The van der Waals surface area contributed by atoms with Gasteiger partial charge in [0.15, 0.2) is 5.78 Å². The molecule has 1 aliphatic carbocycles. The number of fused-ring (bicyclic) bond motifs is 1. The lowest BCUT2D eigenvalue weighted by Gasteiger charge is -2.14. The maximum Gasteiger partial charge on any atom is 0.182 e. The highest BCUT2D eigenvalue weighted by atomic mass is 16.5. The largest absolute Gasteiger partial charge is 0.497 e. The van der Waals surface area contributed by atoms with Crippen LogP contribution in [0.15, 0.2) is 24.3 Å². The minimum Gasteiger partial charge on any atom is -0.497 e. The number of aryl methyl sites for hydroxylation is 2. The molecular formula is C17H20N2O2. The second kappa shape index (κ2) is 5.72. The highest BCUT2D eigenvalue weighted by Crippen LogP contribution is 2.22. The Morgan fingerprint density at radius 1 is 1.24 bits per heavy atom. The van der Waals surface area contributed by atoms with Gasteiger partial charge in [-0.2, -0.15) is 0 Å². The Kier molecular flexibility index (Phi) is 3.78. The van der Waals surface area contributed by atoms with E-state index < -0.39 is 0 Å². The molecule has 0 amide bonds. The second-order valence-corrected chi connectivity index (χ2v) is 5.50. The Balaban J connectivity index is 1.82. The van der Waals surface area contributed by atoms with E-state index in [2.05, 4.69) is 9.55 Å². The minimum atomic E-state index is 0.117. The van der Waals surface area contributed by atoms with Crippen LogP contribution >= 0.6 is 0 Å². The van der Waals surface area contributed by atoms with Crippen LogP contribution in [-0.2, 0) is 19.4 Å². The average molecular weight is 284 g/mol. The van der Waals surface area contributed by atoms with Crippen molar-refractivity contribution >= 4 is 5.78 Å². The molecular weight excluding hydrogens is 264 g/mol. The molecule has 1 aromatic carbocycles. The molecule has 21 heavy (non-hydrogen) atoms. The monoisotopic (exact) mass is 284 g/mol. The van der Waals surface area contributed by atoms with Crippen LogP contribution in [0.5, 0.6) is 5.75 Å². The van der Waals surface area contributed by atoms with E-state index in [1.165, 1.54) is 24.2 Å².